The van der Waals surface area contributed by atoms with Crippen LogP contribution in [0.4, 0.5) is 16.3 Å². The molecular weight excluding hydrogens is 512 g/mol. The predicted octanol–water partition coefficient (Wildman–Crippen LogP) is 6.61. The molecule has 0 bridgehead atoms. The second kappa shape index (κ2) is 12.0. The van der Waals surface area contributed by atoms with Crippen LogP contribution >= 0.6 is 0 Å². The van der Waals surface area contributed by atoms with E-state index in [1.54, 1.807) is 16.9 Å². The summed E-state index contributed by atoms with van der Waals surface area (Å²) in [5.74, 6) is 1.14. The van der Waals surface area contributed by atoms with Gasteiger partial charge in [-0.1, -0.05) is 56.7 Å². The average molecular weight is 551 g/mol. The van der Waals surface area contributed by atoms with Crippen molar-refractivity contribution in [3.8, 4) is 5.69 Å². The Hall–Kier alpha value is -4.46. The highest BCUT2D eigenvalue weighted by molar-refractivity contribution is 5.99. The van der Waals surface area contributed by atoms with Crippen LogP contribution < -0.4 is 10.6 Å². The zero-order valence-electron chi connectivity index (χ0n) is 24.2. The SMILES string of the molecule is Cc1ccc(-n2nc(C(C)(C)C)cc2NC(=O)Nc2ccc(CC3CCN(C(=O)c4ccccn4)CC3)cc2)cc1. The molecule has 2 aromatic carbocycles. The van der Waals surface area contributed by atoms with Crippen molar-refractivity contribution < 1.29 is 9.59 Å². The van der Waals surface area contributed by atoms with Gasteiger partial charge in [0.2, 0.25) is 0 Å². The van der Waals surface area contributed by atoms with Gasteiger partial charge in [-0.2, -0.15) is 5.10 Å². The van der Waals surface area contributed by atoms with Gasteiger partial charge in [0.1, 0.15) is 11.5 Å². The van der Waals surface area contributed by atoms with Gasteiger partial charge >= 0.3 is 6.03 Å². The molecule has 0 saturated carbocycles. The summed E-state index contributed by atoms with van der Waals surface area (Å²) in [7, 11) is 0. The summed E-state index contributed by atoms with van der Waals surface area (Å²) >= 11 is 0. The van der Waals surface area contributed by atoms with Gasteiger partial charge in [0, 0.05) is 36.5 Å². The third-order valence-electron chi connectivity index (χ3n) is 7.52. The van der Waals surface area contributed by atoms with Gasteiger partial charge in [-0.3, -0.25) is 15.1 Å². The fraction of sp³-hybridized carbons (Fsp3) is 0.333. The molecule has 0 atom stereocenters. The number of likely N-dealkylation sites (tertiary alicyclic amines) is 1. The van der Waals surface area contributed by atoms with E-state index in [0.29, 0.717) is 17.4 Å². The molecule has 0 spiro atoms. The van der Waals surface area contributed by atoms with Crippen LogP contribution in [0.3, 0.4) is 0 Å². The van der Waals surface area contributed by atoms with Gasteiger partial charge in [-0.05, 0) is 74.1 Å². The van der Waals surface area contributed by atoms with Gasteiger partial charge in [-0.25, -0.2) is 9.48 Å². The van der Waals surface area contributed by atoms with Crippen LogP contribution in [0.15, 0.2) is 79.0 Å². The lowest BCUT2D eigenvalue weighted by Crippen LogP contribution is -2.39. The van der Waals surface area contributed by atoms with Gasteiger partial charge in [0.15, 0.2) is 0 Å². The first-order chi connectivity index (χ1) is 19.7. The quantitative estimate of drug-likeness (QED) is 0.282. The monoisotopic (exact) mass is 550 g/mol. The second-order valence-corrected chi connectivity index (χ2v) is 11.8. The fourth-order valence-corrected chi connectivity index (χ4v) is 5.05. The van der Waals surface area contributed by atoms with Gasteiger partial charge in [0.05, 0.1) is 11.4 Å². The van der Waals surface area contributed by atoms with Gasteiger partial charge < -0.3 is 10.2 Å². The summed E-state index contributed by atoms with van der Waals surface area (Å²) in [6.07, 6.45) is 4.53. The molecule has 0 radical (unpaired) electrons. The van der Waals surface area contributed by atoms with Crippen molar-refractivity contribution >= 4 is 23.4 Å². The number of aromatic nitrogens is 3. The molecule has 4 aromatic rings. The number of aryl methyl sites for hydroxylation is 1. The Kier molecular flexibility index (Phi) is 8.19. The van der Waals surface area contributed by atoms with Crippen LogP contribution in [0.5, 0.6) is 0 Å². The molecule has 8 nitrogen and oxygen atoms in total. The Morgan fingerprint density at radius 1 is 0.927 bits per heavy atom. The molecule has 0 aliphatic carbocycles. The summed E-state index contributed by atoms with van der Waals surface area (Å²) in [6, 6.07) is 23.1. The molecule has 1 aliphatic heterocycles. The molecule has 2 N–H and O–H groups in total. The number of hydrogen-bond acceptors (Lipinski definition) is 4. The number of carbonyl (C=O) groups excluding carboxylic acids is 2. The molecule has 3 heterocycles. The number of rotatable bonds is 6. The van der Waals surface area contributed by atoms with Crippen molar-refractivity contribution in [3.63, 3.8) is 0 Å². The van der Waals surface area contributed by atoms with Crippen molar-refractivity contribution in [2.24, 2.45) is 5.92 Å². The average Bonchev–Trinajstić information content (AvgIpc) is 3.39. The van der Waals surface area contributed by atoms with Gasteiger partial charge in [0.25, 0.3) is 5.91 Å². The number of carbonyl (C=O) groups is 2. The number of urea groups is 1. The van der Waals surface area contributed by atoms with E-state index < -0.39 is 0 Å². The summed E-state index contributed by atoms with van der Waals surface area (Å²) in [6.45, 7) is 9.84. The third-order valence-corrected chi connectivity index (χ3v) is 7.52. The lowest BCUT2D eigenvalue weighted by Gasteiger charge is -2.32. The Balaban J connectivity index is 1.17. The second-order valence-electron chi connectivity index (χ2n) is 11.8. The van der Waals surface area contributed by atoms with E-state index >= 15 is 0 Å². The molecule has 41 heavy (non-hydrogen) atoms. The fourth-order valence-electron chi connectivity index (χ4n) is 5.05. The van der Waals surface area contributed by atoms with Crippen LogP contribution in [-0.4, -0.2) is 44.7 Å². The summed E-state index contributed by atoms with van der Waals surface area (Å²) in [5, 5.41) is 10.7. The number of nitrogens with zero attached hydrogens (tertiary/aromatic N) is 4. The number of anilines is 2. The molecule has 3 amide bonds. The Morgan fingerprint density at radius 2 is 1.63 bits per heavy atom. The van der Waals surface area contributed by atoms with E-state index in [2.05, 4.69) is 48.5 Å². The van der Waals surface area contributed by atoms with E-state index in [1.165, 1.54) is 5.56 Å². The van der Waals surface area contributed by atoms with E-state index in [9.17, 15) is 9.59 Å². The molecule has 0 unspecified atom stereocenters. The van der Waals surface area contributed by atoms with Crippen molar-refractivity contribution in [1.82, 2.24) is 19.7 Å². The number of nitrogens with one attached hydrogen (secondary N) is 2. The topological polar surface area (TPSA) is 92.2 Å². The zero-order chi connectivity index (χ0) is 29.0. The Morgan fingerprint density at radius 3 is 2.27 bits per heavy atom. The minimum Gasteiger partial charge on any atom is -0.337 e. The minimum atomic E-state index is -0.323. The van der Waals surface area contributed by atoms with Gasteiger partial charge in [-0.15, -0.1) is 0 Å². The maximum atomic E-state index is 13.0. The van der Waals surface area contributed by atoms with Crippen molar-refractivity contribution in [1.29, 1.82) is 0 Å². The first-order valence-electron chi connectivity index (χ1n) is 14.2. The van der Waals surface area contributed by atoms with Crippen molar-refractivity contribution in [2.75, 3.05) is 23.7 Å². The standard InChI is InChI=1S/C33H38N6O2/c1-23-8-14-27(15-9-23)39-30(22-29(37-39)33(2,3)4)36-32(41)35-26-12-10-24(11-13-26)21-25-16-19-38(20-17-25)31(40)28-7-5-6-18-34-28/h5-15,18,22,25H,16-17,19-21H2,1-4H3,(H2,35,36,41). The normalized spacial score (nSPS) is 14.1. The van der Waals surface area contributed by atoms with Crippen LogP contribution in [0.25, 0.3) is 5.69 Å². The molecule has 1 fully saturated rings. The van der Waals surface area contributed by atoms with E-state index in [4.69, 9.17) is 5.10 Å². The predicted molar refractivity (Wildman–Crippen MR) is 163 cm³/mol. The number of pyridine rings is 1. The first-order valence-corrected chi connectivity index (χ1v) is 14.2. The lowest BCUT2D eigenvalue weighted by atomic mass is 9.90. The molecule has 2 aromatic heterocycles. The maximum Gasteiger partial charge on any atom is 0.324 e. The van der Waals surface area contributed by atoms with Crippen LogP contribution in [0.1, 0.15) is 60.9 Å². The van der Waals surface area contributed by atoms with E-state index in [0.717, 1.165) is 55.0 Å². The molecule has 8 heteroatoms. The smallest absolute Gasteiger partial charge is 0.324 e. The Labute approximate surface area is 241 Å². The summed E-state index contributed by atoms with van der Waals surface area (Å²) in [5.41, 5.74) is 5.23. The third kappa shape index (κ3) is 7.01. The van der Waals surface area contributed by atoms with Crippen molar-refractivity contribution in [2.45, 2.75) is 52.4 Å². The molecule has 5 rings (SSSR count). The lowest BCUT2D eigenvalue weighted by molar-refractivity contribution is 0.0684. The number of amides is 3. The number of benzene rings is 2. The molecule has 212 valence electrons. The highest BCUT2D eigenvalue weighted by Gasteiger charge is 2.25. The van der Waals surface area contributed by atoms with Crippen LogP contribution in [0.2, 0.25) is 0 Å². The van der Waals surface area contributed by atoms with Crippen LogP contribution in [0, 0.1) is 12.8 Å². The number of hydrogen-bond donors (Lipinski definition) is 2. The van der Waals surface area contributed by atoms with Crippen LogP contribution in [-0.2, 0) is 11.8 Å². The maximum absolute atomic E-state index is 13.0. The van der Waals surface area contributed by atoms with E-state index in [1.807, 2.05) is 66.4 Å². The zero-order valence-corrected chi connectivity index (χ0v) is 24.2. The Bertz CT molecular complexity index is 1480. The molecule has 1 aliphatic rings. The molecule has 1 saturated heterocycles. The summed E-state index contributed by atoms with van der Waals surface area (Å²) in [4.78, 5) is 31.7. The summed E-state index contributed by atoms with van der Waals surface area (Å²) < 4.78 is 1.78. The highest BCUT2D eigenvalue weighted by Crippen LogP contribution is 2.27. The number of piperidine rings is 1. The molecular formula is C33H38N6O2. The van der Waals surface area contributed by atoms with E-state index in [-0.39, 0.29) is 17.4 Å². The highest BCUT2D eigenvalue weighted by atomic mass is 16.2. The first kappa shape index (κ1) is 28.1. The largest absolute Gasteiger partial charge is 0.337 e. The minimum absolute atomic E-state index is 0.00861. The van der Waals surface area contributed by atoms with Crippen molar-refractivity contribution in [3.05, 3.63) is 102 Å².